The summed E-state index contributed by atoms with van der Waals surface area (Å²) in [6.07, 6.45) is 0. The molecule has 0 spiro atoms. The van der Waals surface area contributed by atoms with Crippen molar-refractivity contribution < 1.29 is 8.81 Å². The van der Waals surface area contributed by atoms with Crippen LogP contribution in [0.3, 0.4) is 0 Å². The summed E-state index contributed by atoms with van der Waals surface area (Å²) in [5, 5.41) is 14.0. The summed E-state index contributed by atoms with van der Waals surface area (Å²) >= 11 is 0. The molecule has 6 heteroatoms. The van der Waals surface area contributed by atoms with Crippen molar-refractivity contribution in [2.75, 3.05) is 0 Å². The van der Waals surface area contributed by atoms with Gasteiger partial charge in [-0.25, -0.2) is 4.39 Å². The molecule has 0 N–H and O–H groups in total. The van der Waals surface area contributed by atoms with Crippen LogP contribution in [-0.4, -0.2) is 20.7 Å². The summed E-state index contributed by atoms with van der Waals surface area (Å²) < 4.78 is 22.4. The highest BCUT2D eigenvalue weighted by Gasteiger charge is 2.26. The number of rotatable bonds is 2. The number of halogens is 1. The third-order valence-electron chi connectivity index (χ3n) is 7.40. The molecule has 38 heavy (non-hydrogen) atoms. The van der Waals surface area contributed by atoms with Crippen LogP contribution in [0.5, 0.6) is 0 Å². The Morgan fingerprint density at radius 2 is 1.47 bits per heavy atom. The topological polar surface area (TPSA) is 49.8 Å². The van der Waals surface area contributed by atoms with Crippen molar-refractivity contribution in [3.8, 4) is 28.5 Å². The number of nitrogens with zero attached hydrogens (tertiary/aromatic N) is 2. The predicted molar refractivity (Wildman–Crippen MR) is 160 cm³/mol. The van der Waals surface area contributed by atoms with Crippen molar-refractivity contribution in [3.05, 3.63) is 89.7 Å². The maximum absolute atomic E-state index is 15.7. The van der Waals surface area contributed by atoms with Gasteiger partial charge in [0.25, 0.3) is 0 Å². The second-order valence-electron chi connectivity index (χ2n) is 10.9. The summed E-state index contributed by atoms with van der Waals surface area (Å²) in [6.45, 7) is 6.00. The first kappa shape index (κ1) is 24.0. The number of pyridine rings is 1. The molecule has 0 bridgehead atoms. The number of furan rings is 1. The highest BCUT2D eigenvalue weighted by molar-refractivity contribution is 6.38. The Morgan fingerprint density at radius 3 is 2.24 bits per heavy atom. The minimum Gasteiger partial charge on any atom is -0.455 e. The van der Waals surface area contributed by atoms with E-state index in [0.29, 0.717) is 39.0 Å². The Morgan fingerprint density at radius 1 is 0.816 bits per heavy atom. The first-order valence-electron chi connectivity index (χ1n) is 12.7. The largest absolute Gasteiger partial charge is 0.455 e. The Balaban J connectivity index is 1.69. The van der Waals surface area contributed by atoms with E-state index in [1.54, 1.807) is 7.85 Å². The third-order valence-corrected chi connectivity index (χ3v) is 7.40. The van der Waals surface area contributed by atoms with Gasteiger partial charge in [-0.05, 0) is 45.4 Å². The van der Waals surface area contributed by atoms with Crippen LogP contribution >= 0.6 is 0 Å². The molecule has 4 aromatic carbocycles. The van der Waals surface area contributed by atoms with Gasteiger partial charge in [0, 0.05) is 33.1 Å². The van der Waals surface area contributed by atoms with Gasteiger partial charge in [-0.15, -0.1) is 0 Å². The molecular formula is C32H25B2FN2O. The summed E-state index contributed by atoms with van der Waals surface area (Å²) in [7, 11) is 3.65. The third kappa shape index (κ3) is 3.54. The molecule has 0 aliphatic carbocycles. The van der Waals surface area contributed by atoms with Crippen molar-refractivity contribution in [1.29, 1.82) is 5.26 Å². The van der Waals surface area contributed by atoms with Crippen LogP contribution in [0.15, 0.2) is 77.2 Å². The second kappa shape index (κ2) is 8.60. The molecule has 2 aromatic heterocycles. The molecule has 6 rings (SSSR count). The van der Waals surface area contributed by atoms with Crippen LogP contribution in [0.25, 0.3) is 55.1 Å². The van der Waals surface area contributed by atoms with E-state index < -0.39 is 0 Å². The normalized spacial score (nSPS) is 11.9. The molecule has 0 fully saturated rings. The van der Waals surface area contributed by atoms with E-state index in [-0.39, 0.29) is 11.2 Å². The van der Waals surface area contributed by atoms with Crippen molar-refractivity contribution in [1.82, 2.24) is 4.98 Å². The predicted octanol–water partition coefficient (Wildman–Crippen LogP) is 5.29. The molecule has 2 heterocycles. The highest BCUT2D eigenvalue weighted by Crippen LogP contribution is 2.42. The molecule has 0 atom stereocenters. The Hall–Kier alpha value is -4.36. The quantitative estimate of drug-likeness (QED) is 0.308. The van der Waals surface area contributed by atoms with Gasteiger partial charge < -0.3 is 4.42 Å². The molecular weight excluding hydrogens is 469 g/mol. The Kier molecular flexibility index (Phi) is 5.43. The van der Waals surface area contributed by atoms with Gasteiger partial charge in [0.1, 0.15) is 24.8 Å². The summed E-state index contributed by atoms with van der Waals surface area (Å²) in [5.41, 5.74) is 6.28. The smallest absolute Gasteiger partial charge is 0.164 e. The lowest BCUT2D eigenvalue weighted by Gasteiger charge is -2.24. The van der Waals surface area contributed by atoms with Crippen LogP contribution in [0.4, 0.5) is 4.39 Å². The zero-order chi connectivity index (χ0) is 26.8. The first-order chi connectivity index (χ1) is 18.2. The van der Waals surface area contributed by atoms with Crippen LogP contribution in [0.1, 0.15) is 31.9 Å². The van der Waals surface area contributed by atoms with E-state index in [1.807, 2.05) is 83.2 Å². The summed E-state index contributed by atoms with van der Waals surface area (Å²) in [5.74, 6) is -0.226. The minimum atomic E-state index is -0.364. The van der Waals surface area contributed by atoms with Crippen molar-refractivity contribution in [2.24, 2.45) is 0 Å². The lowest BCUT2D eigenvalue weighted by Crippen LogP contribution is -2.34. The lowest BCUT2D eigenvalue weighted by atomic mass is 9.76. The standard InChI is InChI=1S/C32H25B2FN2O/c1-32(2,3)25-27(35)26(33)28(37-31(25)34)23-13-7-12-21-22-15-14-18(16-36)24(30(22)38-29(21)23)20-11-6-9-17-8-4-5-10-19(17)20/h4-15H,33-34H2,1-3H3. The van der Waals surface area contributed by atoms with Gasteiger partial charge in [0.15, 0.2) is 7.85 Å². The number of hydrogen-bond donors (Lipinski definition) is 0. The molecule has 0 aliphatic heterocycles. The zero-order valence-electron chi connectivity index (χ0n) is 22.1. The molecule has 0 unspecified atom stereocenters. The molecule has 0 aliphatic rings. The van der Waals surface area contributed by atoms with E-state index in [9.17, 15) is 5.26 Å². The van der Waals surface area contributed by atoms with E-state index in [4.69, 9.17) is 9.40 Å². The van der Waals surface area contributed by atoms with Gasteiger partial charge in [-0.2, -0.15) is 5.26 Å². The molecule has 3 nitrogen and oxygen atoms in total. The Bertz CT molecular complexity index is 1960. The van der Waals surface area contributed by atoms with Gasteiger partial charge in [0.05, 0.1) is 17.3 Å². The molecule has 0 saturated heterocycles. The van der Waals surface area contributed by atoms with Gasteiger partial charge in [-0.1, -0.05) is 75.4 Å². The van der Waals surface area contributed by atoms with E-state index in [0.717, 1.165) is 38.2 Å². The van der Waals surface area contributed by atoms with Gasteiger partial charge in [0.2, 0.25) is 0 Å². The van der Waals surface area contributed by atoms with Crippen LogP contribution in [-0.2, 0) is 5.41 Å². The first-order valence-corrected chi connectivity index (χ1v) is 12.7. The highest BCUT2D eigenvalue weighted by atomic mass is 19.1. The summed E-state index contributed by atoms with van der Waals surface area (Å²) in [4.78, 5) is 4.89. The molecule has 6 aromatic rings. The monoisotopic (exact) mass is 494 g/mol. The number of nitriles is 1. The summed E-state index contributed by atoms with van der Waals surface area (Å²) in [6, 6.07) is 26.3. The van der Waals surface area contributed by atoms with Crippen molar-refractivity contribution in [3.63, 3.8) is 0 Å². The fourth-order valence-electron chi connectivity index (χ4n) is 5.74. The van der Waals surface area contributed by atoms with Crippen LogP contribution in [0, 0.1) is 17.1 Å². The van der Waals surface area contributed by atoms with E-state index in [2.05, 4.69) is 24.3 Å². The number of fused-ring (bicyclic) bond motifs is 4. The van der Waals surface area contributed by atoms with Crippen molar-refractivity contribution >= 4 is 59.5 Å². The fourth-order valence-corrected chi connectivity index (χ4v) is 5.74. The SMILES string of the molecule is Bc1nc(-c2cccc3c2oc2c(-c4cccc5ccccc45)c(C#N)ccc23)c(B)c(F)c1C(C)(C)C. The van der Waals surface area contributed by atoms with Crippen LogP contribution < -0.4 is 11.1 Å². The van der Waals surface area contributed by atoms with E-state index >= 15 is 4.39 Å². The van der Waals surface area contributed by atoms with Crippen molar-refractivity contribution in [2.45, 2.75) is 26.2 Å². The second-order valence-corrected chi connectivity index (χ2v) is 10.9. The number of benzene rings is 4. The molecule has 0 saturated carbocycles. The number of para-hydroxylation sites is 1. The number of aromatic nitrogens is 1. The number of hydrogen-bond acceptors (Lipinski definition) is 3. The minimum absolute atomic E-state index is 0.226. The van der Waals surface area contributed by atoms with Crippen LogP contribution in [0.2, 0.25) is 0 Å². The maximum Gasteiger partial charge on any atom is 0.164 e. The fraction of sp³-hybridized carbons (Fsp3) is 0.125. The van der Waals surface area contributed by atoms with Gasteiger partial charge in [-0.3, -0.25) is 4.98 Å². The average Bonchev–Trinajstić information content (AvgIpc) is 3.28. The zero-order valence-corrected chi connectivity index (χ0v) is 22.1. The average molecular weight is 494 g/mol. The maximum atomic E-state index is 15.7. The van der Waals surface area contributed by atoms with Gasteiger partial charge >= 0.3 is 0 Å². The molecule has 0 radical (unpaired) electrons. The molecule has 182 valence electrons. The molecule has 0 amide bonds. The lowest BCUT2D eigenvalue weighted by molar-refractivity contribution is 0.529. The van der Waals surface area contributed by atoms with E-state index in [1.165, 1.54) is 0 Å². The Labute approximate surface area is 222 Å².